The molecule has 2 heterocycles. The van der Waals surface area contributed by atoms with Crippen molar-refractivity contribution in [3.63, 3.8) is 0 Å². The summed E-state index contributed by atoms with van der Waals surface area (Å²) >= 11 is 4.83. The number of hydrogen-bond acceptors (Lipinski definition) is 5. The minimum absolute atomic E-state index is 0.266. The minimum atomic E-state index is 0.266. The molecule has 0 saturated carbocycles. The molecule has 0 bridgehead atoms. The van der Waals surface area contributed by atoms with Crippen molar-refractivity contribution in [1.82, 2.24) is 9.97 Å². The van der Waals surface area contributed by atoms with Crippen LogP contribution in [0.25, 0.3) is 0 Å². The molecular weight excluding hydrogens is 248 g/mol. The van der Waals surface area contributed by atoms with Crippen molar-refractivity contribution in [1.29, 1.82) is 0 Å². The summed E-state index contributed by atoms with van der Waals surface area (Å²) in [6, 6.07) is 0. The van der Waals surface area contributed by atoms with E-state index < -0.39 is 0 Å². The highest BCUT2D eigenvalue weighted by Gasteiger charge is 2.27. The lowest BCUT2D eigenvalue weighted by Gasteiger charge is -2.33. The van der Waals surface area contributed by atoms with Crippen LogP contribution in [-0.2, 0) is 4.74 Å². The van der Waals surface area contributed by atoms with Crippen molar-refractivity contribution in [2.24, 2.45) is 11.1 Å². The molecule has 1 aliphatic heterocycles. The van der Waals surface area contributed by atoms with Crippen LogP contribution in [-0.4, -0.2) is 34.7 Å². The van der Waals surface area contributed by atoms with Crippen LogP contribution in [0.15, 0.2) is 12.4 Å². The molecule has 1 aliphatic rings. The second-order valence-corrected chi connectivity index (χ2v) is 5.37. The van der Waals surface area contributed by atoms with Gasteiger partial charge in [-0.25, -0.2) is 9.97 Å². The summed E-state index contributed by atoms with van der Waals surface area (Å²) in [5.74, 6) is 0.753. The second kappa shape index (κ2) is 5.58. The highest BCUT2D eigenvalue weighted by Crippen LogP contribution is 2.29. The molecule has 0 radical (unpaired) electrons. The van der Waals surface area contributed by atoms with Crippen molar-refractivity contribution in [2.75, 3.05) is 25.1 Å². The maximum Gasteiger partial charge on any atom is 0.144 e. The predicted octanol–water partition coefficient (Wildman–Crippen LogP) is 1.34. The summed E-state index contributed by atoms with van der Waals surface area (Å²) in [5.41, 5.74) is 6.28. The molecule has 0 spiro atoms. The zero-order valence-corrected chi connectivity index (χ0v) is 11.3. The van der Waals surface area contributed by atoms with Crippen molar-refractivity contribution in [3.8, 4) is 0 Å². The molecule has 1 saturated heterocycles. The van der Waals surface area contributed by atoms with E-state index in [0.29, 0.717) is 5.69 Å². The molecular formula is C12H18N4OS. The first-order valence-corrected chi connectivity index (χ1v) is 6.43. The highest BCUT2D eigenvalue weighted by molar-refractivity contribution is 7.80. The number of nitrogens with one attached hydrogen (secondary N) is 1. The Kier molecular flexibility index (Phi) is 4.08. The molecule has 0 aromatic carbocycles. The van der Waals surface area contributed by atoms with Gasteiger partial charge in [-0.1, -0.05) is 19.1 Å². The van der Waals surface area contributed by atoms with Gasteiger partial charge in [0.2, 0.25) is 0 Å². The zero-order chi connectivity index (χ0) is 13.0. The van der Waals surface area contributed by atoms with Gasteiger partial charge in [0, 0.05) is 19.8 Å². The number of ether oxygens (including phenoxy) is 1. The van der Waals surface area contributed by atoms with Gasteiger partial charge in [-0.2, -0.15) is 0 Å². The monoisotopic (exact) mass is 266 g/mol. The Morgan fingerprint density at radius 3 is 2.72 bits per heavy atom. The molecule has 0 aliphatic carbocycles. The van der Waals surface area contributed by atoms with Crippen LogP contribution in [0.2, 0.25) is 0 Å². The number of thiocarbonyl (C=S) groups is 1. The maximum atomic E-state index is 5.47. The van der Waals surface area contributed by atoms with E-state index >= 15 is 0 Å². The Balaban J connectivity index is 1.91. The third-order valence-corrected chi connectivity index (χ3v) is 3.51. The summed E-state index contributed by atoms with van der Waals surface area (Å²) in [6.45, 7) is 4.81. The van der Waals surface area contributed by atoms with Gasteiger partial charge in [-0.3, -0.25) is 0 Å². The summed E-state index contributed by atoms with van der Waals surface area (Å²) < 4.78 is 5.38. The molecule has 6 heteroatoms. The fourth-order valence-corrected chi connectivity index (χ4v) is 2.00. The van der Waals surface area contributed by atoms with Crippen LogP contribution in [0, 0.1) is 5.41 Å². The van der Waals surface area contributed by atoms with E-state index in [1.807, 2.05) is 0 Å². The number of rotatable bonds is 4. The third-order valence-electron chi connectivity index (χ3n) is 3.30. The fourth-order valence-electron chi connectivity index (χ4n) is 1.89. The van der Waals surface area contributed by atoms with Gasteiger partial charge >= 0.3 is 0 Å². The van der Waals surface area contributed by atoms with E-state index in [9.17, 15) is 0 Å². The van der Waals surface area contributed by atoms with Gasteiger partial charge < -0.3 is 15.8 Å². The van der Waals surface area contributed by atoms with Gasteiger partial charge in [-0.15, -0.1) is 0 Å². The molecule has 0 unspecified atom stereocenters. The largest absolute Gasteiger partial charge is 0.388 e. The lowest BCUT2D eigenvalue weighted by molar-refractivity contribution is 0.0300. The average Bonchev–Trinajstić information content (AvgIpc) is 2.38. The standard InChI is InChI=1S/C12H18N4OS/c1-12(2-4-17-5-3-12)8-16-10-7-14-9(6-15-10)11(13)18/h6-7H,2-5,8H2,1H3,(H2,13,18)(H,15,16). The normalized spacial score (nSPS) is 18.3. The molecule has 2 rings (SSSR count). The van der Waals surface area contributed by atoms with Crippen LogP contribution >= 0.6 is 12.2 Å². The first kappa shape index (κ1) is 13.2. The van der Waals surface area contributed by atoms with Gasteiger partial charge in [0.15, 0.2) is 0 Å². The topological polar surface area (TPSA) is 73.1 Å². The molecule has 1 aromatic heterocycles. The molecule has 0 atom stereocenters. The van der Waals surface area contributed by atoms with Gasteiger partial charge in [0.25, 0.3) is 0 Å². The summed E-state index contributed by atoms with van der Waals surface area (Å²) in [4.78, 5) is 8.66. The quantitative estimate of drug-likeness (QED) is 0.801. The first-order chi connectivity index (χ1) is 8.59. The van der Waals surface area contributed by atoms with Crippen LogP contribution < -0.4 is 11.1 Å². The third kappa shape index (κ3) is 3.36. The molecule has 18 heavy (non-hydrogen) atoms. The van der Waals surface area contributed by atoms with Crippen LogP contribution in [0.5, 0.6) is 0 Å². The molecule has 1 aromatic rings. The predicted molar refractivity (Wildman–Crippen MR) is 74.6 cm³/mol. The highest BCUT2D eigenvalue weighted by atomic mass is 32.1. The van der Waals surface area contributed by atoms with Gasteiger partial charge in [-0.05, 0) is 18.3 Å². The van der Waals surface area contributed by atoms with E-state index in [1.165, 1.54) is 0 Å². The Morgan fingerprint density at radius 1 is 1.44 bits per heavy atom. The van der Waals surface area contributed by atoms with Crippen molar-refractivity contribution < 1.29 is 4.74 Å². The lowest BCUT2D eigenvalue weighted by Crippen LogP contribution is -2.33. The molecule has 0 amide bonds. The number of nitrogens with two attached hydrogens (primary N) is 1. The lowest BCUT2D eigenvalue weighted by atomic mass is 9.82. The SMILES string of the molecule is CC1(CNc2cnc(C(N)=S)cn2)CCOCC1. The zero-order valence-electron chi connectivity index (χ0n) is 10.5. The number of aromatic nitrogens is 2. The van der Waals surface area contributed by atoms with Crippen molar-refractivity contribution in [3.05, 3.63) is 18.1 Å². The van der Waals surface area contributed by atoms with Crippen LogP contribution in [0.3, 0.4) is 0 Å². The summed E-state index contributed by atoms with van der Waals surface area (Å²) in [6.07, 6.45) is 5.39. The Hall–Kier alpha value is -1.27. The van der Waals surface area contributed by atoms with Crippen molar-refractivity contribution in [2.45, 2.75) is 19.8 Å². The van der Waals surface area contributed by atoms with Gasteiger partial charge in [0.05, 0.1) is 12.4 Å². The first-order valence-electron chi connectivity index (χ1n) is 6.03. The Labute approximate surface area is 112 Å². The van der Waals surface area contributed by atoms with E-state index in [2.05, 4.69) is 22.2 Å². The number of nitrogens with zero attached hydrogens (tertiary/aromatic N) is 2. The van der Waals surface area contributed by atoms with E-state index in [-0.39, 0.29) is 10.4 Å². The molecule has 5 nitrogen and oxygen atoms in total. The summed E-state index contributed by atoms with van der Waals surface area (Å²) in [5, 5.41) is 3.31. The Morgan fingerprint density at radius 2 is 2.17 bits per heavy atom. The van der Waals surface area contributed by atoms with E-state index in [0.717, 1.165) is 38.4 Å². The molecule has 3 N–H and O–H groups in total. The summed E-state index contributed by atoms with van der Waals surface area (Å²) in [7, 11) is 0. The smallest absolute Gasteiger partial charge is 0.144 e. The molecule has 1 fully saturated rings. The Bertz CT molecular complexity index is 415. The van der Waals surface area contributed by atoms with Crippen molar-refractivity contribution >= 4 is 23.0 Å². The second-order valence-electron chi connectivity index (χ2n) is 4.93. The number of hydrogen-bond donors (Lipinski definition) is 2. The van der Waals surface area contributed by atoms with E-state index in [4.69, 9.17) is 22.7 Å². The maximum absolute atomic E-state index is 5.47. The molecule has 98 valence electrons. The average molecular weight is 266 g/mol. The number of anilines is 1. The van der Waals surface area contributed by atoms with Crippen LogP contribution in [0.4, 0.5) is 5.82 Å². The van der Waals surface area contributed by atoms with Gasteiger partial charge in [0.1, 0.15) is 16.5 Å². The van der Waals surface area contributed by atoms with E-state index in [1.54, 1.807) is 12.4 Å². The van der Waals surface area contributed by atoms with Crippen LogP contribution in [0.1, 0.15) is 25.5 Å². The minimum Gasteiger partial charge on any atom is -0.388 e. The fraction of sp³-hybridized carbons (Fsp3) is 0.583.